The molecule has 0 radical (unpaired) electrons. The zero-order valence-electron chi connectivity index (χ0n) is 12.4. The molecule has 3 rings (SSSR count). The van der Waals surface area contributed by atoms with Crippen LogP contribution in [0.3, 0.4) is 0 Å². The summed E-state index contributed by atoms with van der Waals surface area (Å²) in [7, 11) is 0. The maximum absolute atomic E-state index is 10.8. The molecule has 0 saturated heterocycles. The van der Waals surface area contributed by atoms with Gasteiger partial charge in [0.15, 0.2) is 11.3 Å². The highest BCUT2D eigenvalue weighted by molar-refractivity contribution is 5.58. The summed E-state index contributed by atoms with van der Waals surface area (Å²) >= 11 is 0. The Morgan fingerprint density at radius 2 is 1.92 bits per heavy atom. The predicted octanol–water partition coefficient (Wildman–Crippen LogP) is 1.98. The molecular weight excluding hydrogens is 310 g/mol. The number of para-hydroxylation sites is 1. The van der Waals surface area contributed by atoms with E-state index in [-0.39, 0.29) is 22.9 Å². The van der Waals surface area contributed by atoms with Gasteiger partial charge in [0.05, 0.1) is 10.6 Å². The molecule has 0 bridgehead atoms. The van der Waals surface area contributed by atoms with E-state index in [4.69, 9.17) is 11.1 Å². The standard InChI is InChI=1S/C15H13N7O2/c16-13-14(17)21(11-6-2-1-3-7-11)20-15(19-13)18-10-5-4-8-12(9-10)22(23)24/h1-9,17H,(H3,16,18,19,20). The number of nitrogens with one attached hydrogen (secondary N) is 2. The molecule has 0 atom stereocenters. The van der Waals surface area contributed by atoms with Gasteiger partial charge < -0.3 is 11.1 Å². The number of benzene rings is 2. The number of nitrogens with zero attached hydrogens (tertiary/aromatic N) is 4. The van der Waals surface area contributed by atoms with E-state index in [0.717, 1.165) is 0 Å². The second-order valence-electron chi connectivity index (χ2n) is 4.85. The predicted molar refractivity (Wildman–Crippen MR) is 88.0 cm³/mol. The van der Waals surface area contributed by atoms with Gasteiger partial charge >= 0.3 is 0 Å². The van der Waals surface area contributed by atoms with Gasteiger partial charge in [0.25, 0.3) is 5.69 Å². The maximum atomic E-state index is 10.8. The zero-order valence-corrected chi connectivity index (χ0v) is 12.4. The molecule has 0 amide bonds. The van der Waals surface area contributed by atoms with Gasteiger partial charge in [0.1, 0.15) is 0 Å². The van der Waals surface area contributed by atoms with E-state index in [0.29, 0.717) is 11.4 Å². The van der Waals surface area contributed by atoms with Crippen LogP contribution in [0, 0.1) is 15.5 Å². The Bertz CT molecular complexity index is 954. The molecule has 0 aliphatic carbocycles. The summed E-state index contributed by atoms with van der Waals surface area (Å²) in [5.74, 6) is 0.120. The van der Waals surface area contributed by atoms with Crippen molar-refractivity contribution in [1.29, 1.82) is 5.41 Å². The molecule has 0 spiro atoms. The van der Waals surface area contributed by atoms with Gasteiger partial charge in [0, 0.05) is 17.8 Å². The lowest BCUT2D eigenvalue weighted by Crippen LogP contribution is -2.26. The van der Waals surface area contributed by atoms with Gasteiger partial charge in [0.2, 0.25) is 5.95 Å². The molecule has 0 unspecified atom stereocenters. The summed E-state index contributed by atoms with van der Waals surface area (Å²) in [5, 5.41) is 25.9. The number of non-ortho nitro benzene ring substituents is 1. The topological polar surface area (TPSA) is 136 Å². The summed E-state index contributed by atoms with van der Waals surface area (Å²) in [6, 6.07) is 15.0. The second kappa shape index (κ2) is 6.16. The van der Waals surface area contributed by atoms with Crippen LogP contribution in [0.5, 0.6) is 0 Å². The van der Waals surface area contributed by atoms with E-state index < -0.39 is 4.92 Å². The molecule has 0 saturated carbocycles. The van der Waals surface area contributed by atoms with Crippen molar-refractivity contribution in [2.45, 2.75) is 0 Å². The number of anilines is 3. The van der Waals surface area contributed by atoms with Crippen molar-refractivity contribution in [3.8, 4) is 5.69 Å². The van der Waals surface area contributed by atoms with Crippen molar-refractivity contribution in [3.05, 3.63) is 70.2 Å². The fraction of sp³-hybridized carbons (Fsp3) is 0. The van der Waals surface area contributed by atoms with Crippen LogP contribution in [0.4, 0.5) is 23.1 Å². The van der Waals surface area contributed by atoms with Gasteiger partial charge in [-0.05, 0) is 18.2 Å². The summed E-state index contributed by atoms with van der Waals surface area (Å²) in [6.45, 7) is 0. The third kappa shape index (κ3) is 3.04. The molecule has 0 aliphatic heterocycles. The van der Waals surface area contributed by atoms with Gasteiger partial charge in [-0.2, -0.15) is 4.98 Å². The van der Waals surface area contributed by atoms with Crippen LogP contribution in [-0.4, -0.2) is 19.7 Å². The first-order chi connectivity index (χ1) is 11.5. The van der Waals surface area contributed by atoms with Crippen LogP contribution in [0.1, 0.15) is 0 Å². The van der Waals surface area contributed by atoms with Gasteiger partial charge in [-0.3, -0.25) is 15.5 Å². The first-order valence-electron chi connectivity index (χ1n) is 6.93. The Balaban J connectivity index is 2.01. The second-order valence-corrected chi connectivity index (χ2v) is 4.85. The molecule has 24 heavy (non-hydrogen) atoms. The van der Waals surface area contributed by atoms with Crippen molar-refractivity contribution < 1.29 is 4.92 Å². The van der Waals surface area contributed by atoms with E-state index in [1.165, 1.54) is 16.8 Å². The highest BCUT2D eigenvalue weighted by atomic mass is 16.6. The van der Waals surface area contributed by atoms with Crippen molar-refractivity contribution in [2.24, 2.45) is 0 Å². The van der Waals surface area contributed by atoms with Crippen molar-refractivity contribution >= 4 is 23.1 Å². The lowest BCUT2D eigenvalue weighted by molar-refractivity contribution is -0.384. The average Bonchev–Trinajstić information content (AvgIpc) is 2.59. The number of aromatic nitrogens is 3. The Hall–Kier alpha value is -3.75. The lowest BCUT2D eigenvalue weighted by Gasteiger charge is -2.10. The van der Waals surface area contributed by atoms with Crippen LogP contribution >= 0.6 is 0 Å². The van der Waals surface area contributed by atoms with E-state index in [9.17, 15) is 10.1 Å². The summed E-state index contributed by atoms with van der Waals surface area (Å²) < 4.78 is 1.34. The number of rotatable bonds is 4. The summed E-state index contributed by atoms with van der Waals surface area (Å²) in [4.78, 5) is 14.4. The summed E-state index contributed by atoms with van der Waals surface area (Å²) in [6.07, 6.45) is 0. The number of nitro groups is 1. The highest BCUT2D eigenvalue weighted by Gasteiger charge is 2.10. The molecule has 2 aromatic carbocycles. The largest absolute Gasteiger partial charge is 0.380 e. The molecule has 0 aliphatic rings. The average molecular weight is 323 g/mol. The molecule has 9 heteroatoms. The van der Waals surface area contributed by atoms with E-state index in [2.05, 4.69) is 15.4 Å². The molecule has 1 heterocycles. The zero-order chi connectivity index (χ0) is 17.1. The quantitative estimate of drug-likeness (QED) is 0.496. The van der Waals surface area contributed by atoms with Crippen molar-refractivity contribution in [2.75, 3.05) is 11.1 Å². The lowest BCUT2D eigenvalue weighted by atomic mass is 10.3. The van der Waals surface area contributed by atoms with Gasteiger partial charge in [-0.1, -0.05) is 24.3 Å². The molecule has 3 aromatic rings. The Kier molecular flexibility index (Phi) is 3.89. The van der Waals surface area contributed by atoms with Gasteiger partial charge in [-0.25, -0.2) is 4.68 Å². The van der Waals surface area contributed by atoms with Crippen LogP contribution in [0.2, 0.25) is 0 Å². The third-order valence-corrected chi connectivity index (χ3v) is 3.19. The monoisotopic (exact) mass is 323 g/mol. The van der Waals surface area contributed by atoms with Crippen LogP contribution in [0.25, 0.3) is 5.69 Å². The molecular formula is C15H13N7O2. The van der Waals surface area contributed by atoms with E-state index in [1.807, 2.05) is 18.2 Å². The number of nitrogens with two attached hydrogens (primary N) is 1. The van der Waals surface area contributed by atoms with Crippen molar-refractivity contribution in [3.63, 3.8) is 0 Å². The molecule has 1 aromatic heterocycles. The van der Waals surface area contributed by atoms with Crippen LogP contribution in [0.15, 0.2) is 54.6 Å². The number of nitro benzene ring substituents is 1. The Labute approximate surface area is 136 Å². The van der Waals surface area contributed by atoms with E-state index in [1.54, 1.807) is 24.3 Å². The normalized spacial score (nSPS) is 10.3. The fourth-order valence-corrected chi connectivity index (χ4v) is 2.08. The Morgan fingerprint density at radius 3 is 2.62 bits per heavy atom. The number of hydrogen-bond acceptors (Lipinski definition) is 7. The Morgan fingerprint density at radius 1 is 1.17 bits per heavy atom. The molecule has 4 N–H and O–H groups in total. The molecule has 0 fully saturated rings. The smallest absolute Gasteiger partial charge is 0.271 e. The van der Waals surface area contributed by atoms with Crippen LogP contribution < -0.4 is 16.5 Å². The first-order valence-corrected chi connectivity index (χ1v) is 6.93. The number of hydrogen-bond donors (Lipinski definition) is 3. The van der Waals surface area contributed by atoms with Crippen LogP contribution in [-0.2, 0) is 0 Å². The first kappa shape index (κ1) is 15.2. The third-order valence-electron chi connectivity index (χ3n) is 3.19. The van der Waals surface area contributed by atoms with Crippen molar-refractivity contribution in [1.82, 2.24) is 14.8 Å². The maximum Gasteiger partial charge on any atom is 0.271 e. The van der Waals surface area contributed by atoms with Gasteiger partial charge in [-0.15, -0.1) is 5.10 Å². The molecule has 9 nitrogen and oxygen atoms in total. The highest BCUT2D eigenvalue weighted by Crippen LogP contribution is 2.19. The minimum absolute atomic E-state index is 0.0122. The summed E-state index contributed by atoms with van der Waals surface area (Å²) in [5.41, 5.74) is 6.77. The minimum Gasteiger partial charge on any atom is -0.380 e. The molecule has 120 valence electrons. The fourth-order valence-electron chi connectivity index (χ4n) is 2.08. The van der Waals surface area contributed by atoms with E-state index >= 15 is 0 Å². The minimum atomic E-state index is -0.489. The SMILES string of the molecule is N=c1c(N)nc(Nc2cccc([N+](=O)[O-])c2)nn1-c1ccccc1. The number of nitrogen functional groups attached to an aromatic ring is 1.